The Kier molecular flexibility index (Phi) is 10.1. The number of aliphatic carboxylic acids is 1. The predicted molar refractivity (Wildman–Crippen MR) is 155 cm³/mol. The van der Waals surface area contributed by atoms with Crippen molar-refractivity contribution in [2.24, 2.45) is 0 Å². The van der Waals surface area contributed by atoms with E-state index in [1.807, 2.05) is 0 Å². The summed E-state index contributed by atoms with van der Waals surface area (Å²) in [5, 5.41) is 19.4. The Morgan fingerprint density at radius 2 is 1.76 bits per heavy atom. The number of aryl methyl sites for hydroxylation is 2. The molecule has 41 heavy (non-hydrogen) atoms. The summed E-state index contributed by atoms with van der Waals surface area (Å²) in [7, 11) is 1.52. The van der Waals surface area contributed by atoms with E-state index in [-0.39, 0.29) is 33.0 Å². The first-order valence-corrected chi connectivity index (χ1v) is 13.6. The summed E-state index contributed by atoms with van der Waals surface area (Å²) in [6.45, 7) is 6.32. The molecule has 0 spiro atoms. The molecule has 1 atom stereocenters. The number of benzene rings is 2. The number of Topliss-reactive ketones (excluding diaryl/α,β-unsaturated/α-hetero) is 1. The zero-order valence-electron chi connectivity index (χ0n) is 22.7. The minimum Gasteiger partial charge on any atom is -0.507 e. The number of methoxy groups -OCH3 is 1. The molecule has 1 amide bonds. The molecule has 0 aliphatic carbocycles. The molecular formula is C28H26Cl2N2O8S. The minimum atomic E-state index is -1.13. The third-order valence-electron chi connectivity index (χ3n) is 5.82. The molecule has 1 aliphatic rings. The normalized spacial score (nSPS) is 15.8. The second-order valence-corrected chi connectivity index (χ2v) is 10.5. The fraction of sp³-hybridized carbons (Fsp3) is 0.250. The zero-order valence-corrected chi connectivity index (χ0v) is 25.0. The molecule has 1 saturated heterocycles. The van der Waals surface area contributed by atoms with Crippen LogP contribution in [-0.4, -0.2) is 52.5 Å². The van der Waals surface area contributed by atoms with E-state index in [9.17, 15) is 19.5 Å². The Balaban J connectivity index is 0.00000108. The number of anilines is 1. The lowest BCUT2D eigenvalue weighted by Gasteiger charge is -2.24. The summed E-state index contributed by atoms with van der Waals surface area (Å²) < 4.78 is 10.4. The van der Waals surface area contributed by atoms with Crippen LogP contribution in [0.5, 0.6) is 5.75 Å². The first-order valence-electron chi connectivity index (χ1n) is 12.1. The van der Waals surface area contributed by atoms with E-state index in [4.69, 9.17) is 42.6 Å². The van der Waals surface area contributed by atoms with Gasteiger partial charge in [-0.25, -0.2) is 9.78 Å². The van der Waals surface area contributed by atoms with E-state index in [1.165, 1.54) is 13.2 Å². The number of ether oxygens (including phenoxy) is 2. The van der Waals surface area contributed by atoms with Crippen molar-refractivity contribution in [2.75, 3.05) is 18.6 Å². The molecule has 2 N–H and O–H groups in total. The van der Waals surface area contributed by atoms with E-state index in [2.05, 4.69) is 4.98 Å². The lowest BCUT2D eigenvalue weighted by Crippen LogP contribution is -2.29. The monoisotopic (exact) mass is 620 g/mol. The summed E-state index contributed by atoms with van der Waals surface area (Å²) in [4.78, 5) is 53.9. The van der Waals surface area contributed by atoms with Gasteiger partial charge >= 0.3 is 11.9 Å². The van der Waals surface area contributed by atoms with E-state index >= 15 is 0 Å². The summed E-state index contributed by atoms with van der Waals surface area (Å²) >= 11 is 13.5. The SMILES string of the molecule is CC(=O)O.CCOC(=O)c1sc(N2C(=O)C(=O)/C(=C(/O)c3ccc(OC)c(C)c3)C2c2ccc(Cl)cc2Cl)nc1C. The van der Waals surface area contributed by atoms with Gasteiger partial charge in [0.1, 0.15) is 16.4 Å². The van der Waals surface area contributed by atoms with Crippen LogP contribution in [0.25, 0.3) is 5.76 Å². The Labute approximate surface area is 249 Å². The van der Waals surface area contributed by atoms with Crippen molar-refractivity contribution >= 4 is 69.1 Å². The molecule has 0 radical (unpaired) electrons. The number of amides is 1. The topological polar surface area (TPSA) is 143 Å². The van der Waals surface area contributed by atoms with Gasteiger partial charge in [-0.1, -0.05) is 40.6 Å². The van der Waals surface area contributed by atoms with E-state index in [0.717, 1.165) is 28.7 Å². The lowest BCUT2D eigenvalue weighted by molar-refractivity contribution is -0.134. The highest BCUT2D eigenvalue weighted by molar-refractivity contribution is 7.17. The highest BCUT2D eigenvalue weighted by atomic mass is 35.5. The maximum Gasteiger partial charge on any atom is 0.350 e. The fourth-order valence-electron chi connectivity index (χ4n) is 4.10. The third-order valence-corrected chi connectivity index (χ3v) is 7.52. The number of hydrogen-bond donors (Lipinski definition) is 2. The molecule has 1 aromatic heterocycles. The number of aromatic nitrogens is 1. The van der Waals surface area contributed by atoms with Crippen molar-refractivity contribution in [2.45, 2.75) is 33.7 Å². The van der Waals surface area contributed by atoms with Gasteiger partial charge in [0.25, 0.3) is 11.8 Å². The molecule has 13 heteroatoms. The first kappa shape index (κ1) is 31.6. The number of carbonyl (C=O) groups excluding carboxylic acids is 3. The summed E-state index contributed by atoms with van der Waals surface area (Å²) in [5.74, 6) is -3.06. The highest BCUT2D eigenvalue weighted by Gasteiger charge is 2.49. The molecule has 2 aromatic carbocycles. The van der Waals surface area contributed by atoms with Gasteiger partial charge in [0.15, 0.2) is 5.13 Å². The average molecular weight is 621 g/mol. The standard InChI is InChI=1S/C26H22Cl2N2O6S.C2H4O2/c1-5-36-25(34)23-13(3)29-26(37-23)30-20(16-8-7-15(27)11-17(16)28)19(22(32)24(30)33)21(31)14-6-9-18(35-4)12(2)10-14;1-2(3)4/h6-11,20,31H,5H2,1-4H3;1H3,(H,3,4)/b21-19+;. The Morgan fingerprint density at radius 3 is 2.32 bits per heavy atom. The van der Waals surface area contributed by atoms with Crippen LogP contribution in [0.1, 0.15) is 51.9 Å². The third kappa shape index (κ3) is 6.70. The smallest absolute Gasteiger partial charge is 0.350 e. The number of carboxylic acids is 1. The number of hydrogen-bond acceptors (Lipinski definition) is 9. The Morgan fingerprint density at radius 1 is 1.10 bits per heavy atom. The average Bonchev–Trinajstić information content (AvgIpc) is 3.40. The van der Waals surface area contributed by atoms with Crippen molar-refractivity contribution in [1.82, 2.24) is 4.98 Å². The van der Waals surface area contributed by atoms with Crippen LogP contribution in [-0.2, 0) is 19.1 Å². The van der Waals surface area contributed by atoms with Gasteiger partial charge in [-0.15, -0.1) is 0 Å². The number of esters is 1. The van der Waals surface area contributed by atoms with Gasteiger partial charge < -0.3 is 19.7 Å². The molecule has 4 rings (SSSR count). The van der Waals surface area contributed by atoms with Crippen molar-refractivity contribution < 1.29 is 38.9 Å². The first-order chi connectivity index (χ1) is 19.3. The lowest BCUT2D eigenvalue weighted by atomic mass is 9.95. The zero-order chi connectivity index (χ0) is 30.6. The number of nitrogens with zero attached hydrogens (tertiary/aromatic N) is 2. The van der Waals surface area contributed by atoms with Crippen LogP contribution < -0.4 is 9.64 Å². The van der Waals surface area contributed by atoms with Crippen molar-refractivity contribution in [3.63, 3.8) is 0 Å². The number of aliphatic hydroxyl groups excluding tert-OH is 1. The second-order valence-electron chi connectivity index (χ2n) is 8.67. The number of carboxylic acid groups (broad SMARTS) is 1. The molecule has 3 aromatic rings. The largest absolute Gasteiger partial charge is 0.507 e. The van der Waals surface area contributed by atoms with Gasteiger partial charge in [0, 0.05) is 22.5 Å². The minimum absolute atomic E-state index is 0.0867. The van der Waals surface area contributed by atoms with Crippen LogP contribution >= 0.6 is 34.5 Å². The Hall–Kier alpha value is -3.93. The molecular weight excluding hydrogens is 595 g/mol. The van der Waals surface area contributed by atoms with Gasteiger partial charge in [-0.05, 0) is 62.2 Å². The Bertz CT molecular complexity index is 1560. The molecule has 0 bridgehead atoms. The molecule has 1 fully saturated rings. The van der Waals surface area contributed by atoms with Crippen LogP contribution in [0.15, 0.2) is 42.0 Å². The summed E-state index contributed by atoms with van der Waals surface area (Å²) in [5.41, 5.74) is 1.55. The van der Waals surface area contributed by atoms with Crippen molar-refractivity contribution in [1.29, 1.82) is 0 Å². The summed E-state index contributed by atoms with van der Waals surface area (Å²) in [6.07, 6.45) is 0. The van der Waals surface area contributed by atoms with E-state index in [1.54, 1.807) is 51.1 Å². The quantitative estimate of drug-likeness (QED) is 0.147. The molecule has 1 aliphatic heterocycles. The number of halogens is 2. The van der Waals surface area contributed by atoms with E-state index in [0.29, 0.717) is 27.6 Å². The molecule has 216 valence electrons. The van der Waals surface area contributed by atoms with Crippen LogP contribution in [0.4, 0.5) is 5.13 Å². The number of aliphatic hydroxyl groups is 1. The van der Waals surface area contributed by atoms with Crippen LogP contribution in [0.2, 0.25) is 10.0 Å². The maximum absolute atomic E-state index is 13.4. The fourth-order valence-corrected chi connectivity index (χ4v) is 5.60. The van der Waals surface area contributed by atoms with Gasteiger partial charge in [0.05, 0.1) is 31.0 Å². The number of carbonyl (C=O) groups is 4. The second kappa shape index (κ2) is 13.2. The van der Waals surface area contributed by atoms with Crippen molar-refractivity contribution in [3.8, 4) is 5.75 Å². The van der Waals surface area contributed by atoms with Crippen LogP contribution in [0, 0.1) is 13.8 Å². The molecule has 2 heterocycles. The van der Waals surface area contributed by atoms with Crippen LogP contribution in [0.3, 0.4) is 0 Å². The number of ketones is 1. The van der Waals surface area contributed by atoms with Gasteiger partial charge in [-0.3, -0.25) is 19.3 Å². The van der Waals surface area contributed by atoms with Crippen molar-refractivity contribution in [3.05, 3.63) is 79.3 Å². The molecule has 10 nitrogen and oxygen atoms in total. The summed E-state index contributed by atoms with van der Waals surface area (Å²) in [6, 6.07) is 8.38. The predicted octanol–water partition coefficient (Wildman–Crippen LogP) is 5.97. The van der Waals surface area contributed by atoms with E-state index < -0.39 is 29.7 Å². The van der Waals surface area contributed by atoms with Gasteiger partial charge in [0.2, 0.25) is 0 Å². The maximum atomic E-state index is 13.4. The highest BCUT2D eigenvalue weighted by Crippen LogP contribution is 2.46. The van der Waals surface area contributed by atoms with Gasteiger partial charge in [-0.2, -0.15) is 0 Å². The number of rotatable bonds is 6. The number of thiazole rings is 1. The molecule has 0 saturated carbocycles. The molecule has 1 unspecified atom stereocenters.